The molecule has 0 aliphatic heterocycles. The Labute approximate surface area is 159 Å². The highest BCUT2D eigenvalue weighted by Gasteiger charge is 2.47. The number of aromatic amines is 1. The van der Waals surface area contributed by atoms with Gasteiger partial charge in [-0.3, -0.25) is 0 Å². The Morgan fingerprint density at radius 1 is 1.16 bits per heavy atom. The zero-order valence-electron chi connectivity index (χ0n) is 14.8. The molecule has 2 aromatic carbocycles. The molecule has 3 aromatic rings. The van der Waals surface area contributed by atoms with Gasteiger partial charge in [0.2, 0.25) is 0 Å². The molecule has 3 heteroatoms. The molecule has 1 N–H and O–H groups in total. The number of hydrogen-bond donors (Lipinski definition) is 1. The first-order valence-electron chi connectivity index (χ1n) is 9.05. The molecule has 0 bridgehead atoms. The standard InChI is InChI=1S/C22H24ClNS/c1-3-22(16-7-8-16,17-9-11-18(23)12-10-17)20-13-24-21-15(14-25-2)5-4-6-19(20)21/h4-6,9-13,16,24H,3,7-8,14H2,1-2H3. The Morgan fingerprint density at radius 2 is 1.92 bits per heavy atom. The minimum atomic E-state index is 0.0841. The van der Waals surface area contributed by atoms with Gasteiger partial charge in [0.25, 0.3) is 0 Å². The van der Waals surface area contributed by atoms with Gasteiger partial charge in [0, 0.05) is 33.3 Å². The van der Waals surface area contributed by atoms with Crippen molar-refractivity contribution >= 4 is 34.3 Å². The molecule has 0 spiro atoms. The van der Waals surface area contributed by atoms with Gasteiger partial charge in [-0.2, -0.15) is 11.8 Å². The lowest BCUT2D eigenvalue weighted by Gasteiger charge is -2.34. The van der Waals surface area contributed by atoms with E-state index in [1.54, 1.807) is 0 Å². The summed E-state index contributed by atoms with van der Waals surface area (Å²) in [5, 5.41) is 2.20. The van der Waals surface area contributed by atoms with Crippen LogP contribution in [-0.4, -0.2) is 11.2 Å². The minimum Gasteiger partial charge on any atom is -0.361 e. The number of aromatic nitrogens is 1. The van der Waals surface area contributed by atoms with Crippen LogP contribution in [0.4, 0.5) is 0 Å². The van der Waals surface area contributed by atoms with Gasteiger partial charge in [-0.05, 0) is 60.3 Å². The molecule has 1 nitrogen and oxygen atoms in total. The Morgan fingerprint density at radius 3 is 2.56 bits per heavy atom. The summed E-state index contributed by atoms with van der Waals surface area (Å²) in [6.07, 6.45) is 8.17. The van der Waals surface area contributed by atoms with E-state index in [1.807, 2.05) is 23.9 Å². The summed E-state index contributed by atoms with van der Waals surface area (Å²) in [5.41, 5.74) is 5.64. The first kappa shape index (κ1) is 17.1. The molecule has 4 rings (SSSR count). The summed E-state index contributed by atoms with van der Waals surface area (Å²) in [4.78, 5) is 3.61. The fourth-order valence-corrected chi connectivity index (χ4v) is 5.16. The lowest BCUT2D eigenvalue weighted by atomic mass is 9.68. The molecule has 0 radical (unpaired) electrons. The van der Waals surface area contributed by atoms with Gasteiger partial charge in [0.15, 0.2) is 0 Å². The van der Waals surface area contributed by atoms with Gasteiger partial charge in [-0.25, -0.2) is 0 Å². The van der Waals surface area contributed by atoms with Gasteiger partial charge in [-0.15, -0.1) is 0 Å². The molecule has 1 unspecified atom stereocenters. The van der Waals surface area contributed by atoms with Crippen molar-refractivity contribution in [1.82, 2.24) is 4.98 Å². The van der Waals surface area contributed by atoms with Gasteiger partial charge in [0.1, 0.15) is 0 Å². The second-order valence-electron chi connectivity index (χ2n) is 7.08. The molecule has 1 aliphatic rings. The minimum absolute atomic E-state index is 0.0841. The van der Waals surface area contributed by atoms with Crippen LogP contribution in [0.25, 0.3) is 10.9 Å². The maximum Gasteiger partial charge on any atom is 0.0498 e. The predicted octanol–water partition coefficient (Wildman–Crippen LogP) is 6.79. The van der Waals surface area contributed by atoms with Crippen LogP contribution >= 0.6 is 23.4 Å². The Hall–Kier alpha value is -1.38. The van der Waals surface area contributed by atoms with Crippen LogP contribution in [0.1, 0.15) is 42.9 Å². The van der Waals surface area contributed by atoms with E-state index in [0.717, 1.165) is 23.1 Å². The van der Waals surface area contributed by atoms with E-state index in [1.165, 1.54) is 40.4 Å². The maximum atomic E-state index is 6.17. The summed E-state index contributed by atoms with van der Waals surface area (Å²) < 4.78 is 0. The van der Waals surface area contributed by atoms with Crippen LogP contribution in [-0.2, 0) is 11.2 Å². The third-order valence-electron chi connectivity index (χ3n) is 5.77. The summed E-state index contributed by atoms with van der Waals surface area (Å²) in [7, 11) is 0. The predicted molar refractivity (Wildman–Crippen MR) is 111 cm³/mol. The molecule has 1 fully saturated rings. The second kappa shape index (κ2) is 6.74. The number of hydrogen-bond acceptors (Lipinski definition) is 1. The summed E-state index contributed by atoms with van der Waals surface area (Å²) in [6, 6.07) is 15.3. The van der Waals surface area contributed by atoms with Crippen LogP contribution < -0.4 is 0 Å². The smallest absolute Gasteiger partial charge is 0.0498 e. The highest BCUT2D eigenvalue weighted by Crippen LogP contribution is 2.55. The number of para-hydroxylation sites is 1. The topological polar surface area (TPSA) is 15.8 Å². The highest BCUT2D eigenvalue weighted by molar-refractivity contribution is 7.97. The molecule has 1 aromatic heterocycles. The molecule has 1 saturated carbocycles. The molecule has 130 valence electrons. The van der Waals surface area contributed by atoms with E-state index >= 15 is 0 Å². The number of thioether (sulfide) groups is 1. The Bertz CT molecular complexity index is 879. The average molecular weight is 370 g/mol. The lowest BCUT2D eigenvalue weighted by Crippen LogP contribution is -2.29. The van der Waals surface area contributed by atoms with Gasteiger partial charge < -0.3 is 4.98 Å². The van der Waals surface area contributed by atoms with E-state index in [2.05, 4.69) is 54.7 Å². The highest BCUT2D eigenvalue weighted by atomic mass is 35.5. The lowest BCUT2D eigenvalue weighted by molar-refractivity contribution is 0.435. The molecular weight excluding hydrogens is 346 g/mol. The van der Waals surface area contributed by atoms with Crippen molar-refractivity contribution in [2.24, 2.45) is 5.92 Å². The van der Waals surface area contributed by atoms with Crippen LogP contribution in [0, 0.1) is 5.92 Å². The number of fused-ring (bicyclic) bond motifs is 1. The molecule has 1 heterocycles. The Kier molecular flexibility index (Phi) is 4.59. The van der Waals surface area contributed by atoms with Crippen LogP contribution in [0.15, 0.2) is 48.7 Å². The van der Waals surface area contributed by atoms with E-state index in [0.29, 0.717) is 0 Å². The van der Waals surface area contributed by atoms with Crippen LogP contribution in [0.3, 0.4) is 0 Å². The number of benzene rings is 2. The van der Waals surface area contributed by atoms with E-state index in [4.69, 9.17) is 11.6 Å². The average Bonchev–Trinajstić information content (AvgIpc) is 3.38. The van der Waals surface area contributed by atoms with Gasteiger partial charge in [-0.1, -0.05) is 48.9 Å². The largest absolute Gasteiger partial charge is 0.361 e. The number of nitrogens with one attached hydrogen (secondary N) is 1. The Balaban J connectivity index is 1.93. The third kappa shape index (κ3) is 2.80. The molecule has 25 heavy (non-hydrogen) atoms. The van der Waals surface area contributed by atoms with Crippen LogP contribution in [0.5, 0.6) is 0 Å². The molecule has 1 atom stereocenters. The third-order valence-corrected chi connectivity index (χ3v) is 6.63. The van der Waals surface area contributed by atoms with Gasteiger partial charge >= 0.3 is 0 Å². The quantitative estimate of drug-likeness (QED) is 0.505. The maximum absolute atomic E-state index is 6.17. The van der Waals surface area contributed by atoms with Crippen molar-refractivity contribution in [3.63, 3.8) is 0 Å². The van der Waals surface area contributed by atoms with E-state index < -0.39 is 0 Å². The van der Waals surface area contributed by atoms with E-state index in [-0.39, 0.29) is 5.41 Å². The van der Waals surface area contributed by atoms with E-state index in [9.17, 15) is 0 Å². The van der Waals surface area contributed by atoms with Crippen LogP contribution in [0.2, 0.25) is 5.02 Å². The normalized spacial score (nSPS) is 16.9. The first-order chi connectivity index (χ1) is 12.2. The first-order valence-corrected chi connectivity index (χ1v) is 10.8. The summed E-state index contributed by atoms with van der Waals surface area (Å²) >= 11 is 8.04. The summed E-state index contributed by atoms with van der Waals surface area (Å²) in [6.45, 7) is 2.33. The van der Waals surface area contributed by atoms with Crippen molar-refractivity contribution in [3.8, 4) is 0 Å². The monoisotopic (exact) mass is 369 g/mol. The fraction of sp³-hybridized carbons (Fsp3) is 0.364. The van der Waals surface area contributed by atoms with Crippen molar-refractivity contribution in [3.05, 3.63) is 70.4 Å². The van der Waals surface area contributed by atoms with Crippen molar-refractivity contribution in [1.29, 1.82) is 0 Å². The van der Waals surface area contributed by atoms with Crippen molar-refractivity contribution in [2.45, 2.75) is 37.4 Å². The van der Waals surface area contributed by atoms with Gasteiger partial charge in [0.05, 0.1) is 0 Å². The second-order valence-corrected chi connectivity index (χ2v) is 8.38. The SMILES string of the molecule is CCC(c1ccc(Cl)cc1)(c1c[nH]c2c(CSC)cccc12)C1CC1. The number of halogens is 1. The zero-order valence-corrected chi connectivity index (χ0v) is 16.4. The molecular formula is C22H24ClNS. The number of rotatable bonds is 6. The molecule has 0 amide bonds. The molecule has 1 aliphatic carbocycles. The molecule has 0 saturated heterocycles. The van der Waals surface area contributed by atoms with Crippen molar-refractivity contribution in [2.75, 3.05) is 6.26 Å². The number of H-pyrrole nitrogens is 1. The summed E-state index contributed by atoms with van der Waals surface area (Å²) in [5.74, 6) is 1.77. The zero-order chi connectivity index (χ0) is 17.4. The fourth-order valence-electron chi connectivity index (χ4n) is 4.48. The van der Waals surface area contributed by atoms with Crippen molar-refractivity contribution < 1.29 is 0 Å².